The molecule has 116 valence electrons. The Morgan fingerprint density at radius 1 is 1.33 bits per heavy atom. The van der Waals surface area contributed by atoms with Gasteiger partial charge in [0.1, 0.15) is 10.3 Å². The van der Waals surface area contributed by atoms with Crippen LogP contribution in [0.25, 0.3) is 0 Å². The van der Waals surface area contributed by atoms with Crippen LogP contribution in [-0.4, -0.2) is 28.0 Å². The summed E-state index contributed by atoms with van der Waals surface area (Å²) in [5, 5.41) is 11.8. The fourth-order valence-corrected chi connectivity index (χ4v) is 2.40. The molecule has 1 amide bonds. The van der Waals surface area contributed by atoms with E-state index in [9.17, 15) is 9.59 Å². The minimum absolute atomic E-state index is 0.00941. The maximum atomic E-state index is 12.2. The molecule has 1 atom stereocenters. The van der Waals surface area contributed by atoms with Gasteiger partial charge in [-0.3, -0.25) is 9.59 Å². The Balaban J connectivity index is 2.86. The van der Waals surface area contributed by atoms with E-state index in [4.69, 9.17) is 28.3 Å². The highest BCUT2D eigenvalue weighted by Gasteiger charge is 2.24. The first-order chi connectivity index (χ1) is 9.58. The quantitative estimate of drug-likeness (QED) is 0.810. The van der Waals surface area contributed by atoms with Crippen LogP contribution in [0.3, 0.4) is 0 Å². The summed E-state index contributed by atoms with van der Waals surface area (Å²) in [6, 6.07) is 2.43. The number of carbonyl (C=O) groups excluding carboxylic acids is 1. The van der Waals surface area contributed by atoms with Gasteiger partial charge in [-0.1, -0.05) is 44.0 Å². The lowest BCUT2D eigenvalue weighted by Crippen LogP contribution is -2.39. The highest BCUT2D eigenvalue weighted by atomic mass is 35.5. The molecule has 1 unspecified atom stereocenters. The van der Waals surface area contributed by atoms with E-state index in [0.717, 1.165) is 0 Å². The van der Waals surface area contributed by atoms with E-state index in [-0.39, 0.29) is 27.7 Å². The van der Waals surface area contributed by atoms with Gasteiger partial charge in [0.15, 0.2) is 0 Å². The zero-order valence-corrected chi connectivity index (χ0v) is 13.6. The summed E-state index contributed by atoms with van der Waals surface area (Å²) in [7, 11) is 0. The van der Waals surface area contributed by atoms with Gasteiger partial charge >= 0.3 is 5.97 Å². The number of nitrogens with one attached hydrogen (secondary N) is 1. The summed E-state index contributed by atoms with van der Waals surface area (Å²) in [4.78, 5) is 26.9. The van der Waals surface area contributed by atoms with Crippen molar-refractivity contribution in [2.75, 3.05) is 0 Å². The Morgan fingerprint density at radius 2 is 1.95 bits per heavy atom. The molecule has 0 saturated heterocycles. The lowest BCUT2D eigenvalue weighted by Gasteiger charge is -2.25. The van der Waals surface area contributed by atoms with Gasteiger partial charge in [-0.05, 0) is 24.0 Å². The first-order valence-corrected chi connectivity index (χ1v) is 7.19. The van der Waals surface area contributed by atoms with E-state index in [1.807, 2.05) is 20.8 Å². The van der Waals surface area contributed by atoms with Gasteiger partial charge in [-0.25, -0.2) is 4.98 Å². The molecular weight excluding hydrogens is 315 g/mol. The molecule has 5 nitrogen and oxygen atoms in total. The number of amides is 1. The van der Waals surface area contributed by atoms with E-state index >= 15 is 0 Å². The van der Waals surface area contributed by atoms with Gasteiger partial charge < -0.3 is 10.4 Å². The van der Waals surface area contributed by atoms with Gasteiger partial charge in [-0.2, -0.15) is 0 Å². The second-order valence-corrected chi connectivity index (χ2v) is 6.75. The van der Waals surface area contributed by atoms with Crippen LogP contribution in [0.4, 0.5) is 0 Å². The lowest BCUT2D eigenvalue weighted by molar-refractivity contribution is -0.137. The highest BCUT2D eigenvalue weighted by Crippen LogP contribution is 2.23. The minimum Gasteiger partial charge on any atom is -0.481 e. The number of aromatic nitrogens is 1. The summed E-state index contributed by atoms with van der Waals surface area (Å²) >= 11 is 11.6. The number of hydrogen-bond donors (Lipinski definition) is 2. The number of carbonyl (C=O) groups is 2. The van der Waals surface area contributed by atoms with Crippen LogP contribution in [0.5, 0.6) is 0 Å². The zero-order chi connectivity index (χ0) is 16.2. The smallest absolute Gasteiger partial charge is 0.305 e. The molecule has 1 aromatic rings. The molecule has 0 aliphatic rings. The van der Waals surface area contributed by atoms with Crippen LogP contribution in [0.1, 0.15) is 44.0 Å². The van der Waals surface area contributed by atoms with Crippen LogP contribution >= 0.6 is 23.2 Å². The van der Waals surface area contributed by atoms with Crippen molar-refractivity contribution >= 4 is 35.1 Å². The number of halogens is 2. The summed E-state index contributed by atoms with van der Waals surface area (Å²) in [6.45, 7) is 5.93. The average molecular weight is 333 g/mol. The number of nitrogens with zero attached hydrogens (tertiary/aromatic N) is 1. The monoisotopic (exact) mass is 332 g/mol. The van der Waals surface area contributed by atoms with Crippen molar-refractivity contribution in [3.05, 3.63) is 28.0 Å². The standard InChI is InChI=1S/C14H18Cl2N2O3/c1-14(2,3)7-8(6-11(19)20)17-13(21)9-4-5-10(15)18-12(9)16/h4-5,8H,6-7H2,1-3H3,(H,17,21)(H,19,20). The predicted octanol–water partition coefficient (Wildman–Crippen LogP) is 3.40. The first kappa shape index (κ1) is 17.7. The summed E-state index contributed by atoms with van der Waals surface area (Å²) in [6.07, 6.45) is 0.380. The first-order valence-electron chi connectivity index (χ1n) is 6.43. The third-order valence-electron chi connectivity index (χ3n) is 2.67. The Labute approximate surface area is 133 Å². The normalized spacial score (nSPS) is 12.8. The molecule has 0 aromatic carbocycles. The second kappa shape index (κ2) is 7.09. The van der Waals surface area contributed by atoms with Crippen molar-refractivity contribution < 1.29 is 14.7 Å². The number of carboxylic acids is 1. The number of aliphatic carboxylic acids is 1. The van der Waals surface area contributed by atoms with Gasteiger partial charge in [0.25, 0.3) is 5.91 Å². The molecule has 1 rings (SSSR count). The van der Waals surface area contributed by atoms with Crippen LogP contribution < -0.4 is 5.32 Å². The van der Waals surface area contributed by atoms with Crippen LogP contribution in [0, 0.1) is 5.41 Å². The number of rotatable bonds is 5. The maximum Gasteiger partial charge on any atom is 0.305 e. The van der Waals surface area contributed by atoms with E-state index < -0.39 is 17.9 Å². The topological polar surface area (TPSA) is 79.3 Å². The third-order valence-corrected chi connectivity index (χ3v) is 3.17. The molecule has 0 aliphatic heterocycles. The van der Waals surface area contributed by atoms with Crippen molar-refractivity contribution in [1.29, 1.82) is 0 Å². The van der Waals surface area contributed by atoms with Crippen molar-refractivity contribution in [1.82, 2.24) is 10.3 Å². The Bertz CT molecular complexity index is 542. The SMILES string of the molecule is CC(C)(C)CC(CC(=O)O)NC(=O)c1ccc(Cl)nc1Cl. The van der Waals surface area contributed by atoms with Gasteiger partial charge in [0.05, 0.1) is 12.0 Å². The fourth-order valence-electron chi connectivity index (χ4n) is 1.97. The number of carboxylic acid groups (broad SMARTS) is 1. The summed E-state index contributed by atoms with van der Waals surface area (Å²) < 4.78 is 0. The molecular formula is C14H18Cl2N2O3. The molecule has 1 heterocycles. The largest absolute Gasteiger partial charge is 0.481 e. The molecule has 0 spiro atoms. The van der Waals surface area contributed by atoms with Crippen molar-refractivity contribution in [3.63, 3.8) is 0 Å². The molecule has 1 aromatic heterocycles. The fraction of sp³-hybridized carbons (Fsp3) is 0.500. The van der Waals surface area contributed by atoms with Crippen LogP contribution in [-0.2, 0) is 4.79 Å². The average Bonchev–Trinajstić information content (AvgIpc) is 2.24. The molecule has 0 aliphatic carbocycles. The summed E-state index contributed by atoms with van der Waals surface area (Å²) in [5.74, 6) is -1.43. The van der Waals surface area contributed by atoms with Crippen LogP contribution in [0.2, 0.25) is 10.3 Å². The van der Waals surface area contributed by atoms with E-state index in [2.05, 4.69) is 10.3 Å². The Hall–Kier alpha value is -1.33. The lowest BCUT2D eigenvalue weighted by atomic mass is 9.87. The Kier molecular flexibility index (Phi) is 5.98. The minimum atomic E-state index is -0.968. The van der Waals surface area contributed by atoms with E-state index in [1.165, 1.54) is 12.1 Å². The molecule has 0 bridgehead atoms. The number of hydrogen-bond acceptors (Lipinski definition) is 3. The van der Waals surface area contributed by atoms with Gasteiger partial charge in [0, 0.05) is 6.04 Å². The highest BCUT2D eigenvalue weighted by molar-refractivity contribution is 6.34. The maximum absolute atomic E-state index is 12.2. The molecule has 7 heteroatoms. The molecule has 0 radical (unpaired) electrons. The molecule has 0 fully saturated rings. The van der Waals surface area contributed by atoms with Gasteiger partial charge in [0.2, 0.25) is 0 Å². The predicted molar refractivity (Wildman–Crippen MR) is 81.8 cm³/mol. The van der Waals surface area contributed by atoms with Crippen molar-refractivity contribution in [2.24, 2.45) is 5.41 Å². The van der Waals surface area contributed by atoms with E-state index in [1.54, 1.807) is 0 Å². The van der Waals surface area contributed by atoms with Crippen LogP contribution in [0.15, 0.2) is 12.1 Å². The molecule has 0 saturated carbocycles. The third kappa shape index (κ3) is 6.31. The number of pyridine rings is 1. The van der Waals surface area contributed by atoms with Crippen molar-refractivity contribution in [3.8, 4) is 0 Å². The zero-order valence-electron chi connectivity index (χ0n) is 12.1. The van der Waals surface area contributed by atoms with Gasteiger partial charge in [-0.15, -0.1) is 0 Å². The Morgan fingerprint density at radius 3 is 2.43 bits per heavy atom. The van der Waals surface area contributed by atoms with Crippen molar-refractivity contribution in [2.45, 2.75) is 39.7 Å². The summed E-state index contributed by atoms with van der Waals surface area (Å²) in [5.41, 5.74) is 0.0560. The second-order valence-electron chi connectivity index (χ2n) is 6.01. The van der Waals surface area contributed by atoms with E-state index in [0.29, 0.717) is 6.42 Å². The molecule has 2 N–H and O–H groups in total. The molecule has 21 heavy (non-hydrogen) atoms.